The average Bonchev–Trinajstić information content (AvgIpc) is 3.19. The molecule has 0 saturated heterocycles. The first kappa shape index (κ1) is 19.9. The van der Waals surface area contributed by atoms with E-state index in [2.05, 4.69) is 23.6 Å². The molecule has 1 aromatic heterocycles. The zero-order chi connectivity index (χ0) is 19.4. The lowest BCUT2D eigenvalue weighted by Crippen LogP contribution is -2.49. The fourth-order valence-electron chi connectivity index (χ4n) is 3.60. The fraction of sp³-hybridized carbons (Fsp3) is 0.429. The number of rotatable bonds is 6. The van der Waals surface area contributed by atoms with E-state index >= 15 is 0 Å². The van der Waals surface area contributed by atoms with Crippen molar-refractivity contribution < 1.29 is 9.59 Å². The van der Waals surface area contributed by atoms with E-state index in [0.29, 0.717) is 6.54 Å². The molecule has 0 unspecified atom stereocenters. The third-order valence-corrected chi connectivity index (χ3v) is 6.49. The van der Waals surface area contributed by atoms with E-state index in [1.54, 1.807) is 16.2 Å². The van der Waals surface area contributed by atoms with Crippen molar-refractivity contribution in [3.05, 3.63) is 57.8 Å². The Morgan fingerprint density at radius 1 is 1.30 bits per heavy atom. The number of nitrogens with zero attached hydrogens (tertiary/aromatic N) is 2. The van der Waals surface area contributed by atoms with Crippen molar-refractivity contribution in [1.29, 1.82) is 0 Å². The topological polar surface area (TPSA) is 40.6 Å². The highest BCUT2D eigenvalue weighted by Gasteiger charge is 2.34. The van der Waals surface area contributed by atoms with E-state index in [9.17, 15) is 9.59 Å². The molecule has 3 rings (SSSR count). The normalized spacial score (nSPS) is 17.3. The summed E-state index contributed by atoms with van der Waals surface area (Å²) in [5, 5.41) is 2.09. The second kappa shape index (κ2) is 8.89. The Hall–Kier alpha value is -1.85. The Bertz CT molecular complexity index is 792. The Morgan fingerprint density at radius 3 is 2.70 bits per heavy atom. The number of carbonyl (C=O) groups is 2. The zero-order valence-corrected chi connectivity index (χ0v) is 17.3. The van der Waals surface area contributed by atoms with Crippen LogP contribution in [0.1, 0.15) is 42.3 Å². The maximum Gasteiger partial charge on any atom is 0.243 e. The predicted octanol–water partition coefficient (Wildman–Crippen LogP) is 4.09. The highest BCUT2D eigenvalue weighted by Crippen LogP contribution is 2.37. The minimum Gasteiger partial charge on any atom is -0.330 e. The van der Waals surface area contributed by atoms with E-state index < -0.39 is 0 Å². The number of benzene rings is 1. The molecule has 0 fully saturated rings. The van der Waals surface area contributed by atoms with Gasteiger partial charge in [-0.25, -0.2) is 0 Å². The van der Waals surface area contributed by atoms with Crippen molar-refractivity contribution in [2.45, 2.75) is 38.8 Å². The number of carbonyl (C=O) groups excluding carboxylic acids is 2. The summed E-state index contributed by atoms with van der Waals surface area (Å²) in [4.78, 5) is 30.4. The number of halogens is 1. The highest BCUT2D eigenvalue weighted by molar-refractivity contribution is 7.10. The standard InChI is InChI=1S/C21H25ClN2O2S/c1-3-15(2)24(19(25)13-22)14-20(26)23-11-9-18-17(10-12-27-18)21(23)16-7-5-4-6-8-16/h4-8,10,12,15,21H,3,9,11,13-14H2,1-2H3/t15-,21+/m0/s1. The second-order valence-corrected chi connectivity index (χ2v) is 8.13. The van der Waals surface area contributed by atoms with Gasteiger partial charge in [0.1, 0.15) is 12.4 Å². The van der Waals surface area contributed by atoms with Crippen molar-refractivity contribution in [3.63, 3.8) is 0 Å². The van der Waals surface area contributed by atoms with Crippen LogP contribution in [0.2, 0.25) is 0 Å². The van der Waals surface area contributed by atoms with Crippen LogP contribution >= 0.6 is 22.9 Å². The molecule has 0 saturated carbocycles. The van der Waals surface area contributed by atoms with Crippen molar-refractivity contribution in [1.82, 2.24) is 9.80 Å². The van der Waals surface area contributed by atoms with E-state index in [1.165, 1.54) is 10.4 Å². The molecule has 0 bridgehead atoms. The zero-order valence-electron chi connectivity index (χ0n) is 15.7. The molecular weight excluding hydrogens is 380 g/mol. The van der Waals surface area contributed by atoms with E-state index in [4.69, 9.17) is 11.6 Å². The summed E-state index contributed by atoms with van der Waals surface area (Å²) in [5.41, 5.74) is 2.30. The van der Waals surface area contributed by atoms with Crippen LogP contribution < -0.4 is 0 Å². The maximum absolute atomic E-state index is 13.3. The molecule has 2 atom stereocenters. The molecule has 6 heteroatoms. The molecule has 1 aliphatic heterocycles. The van der Waals surface area contributed by atoms with E-state index in [1.807, 2.05) is 36.9 Å². The van der Waals surface area contributed by atoms with Gasteiger partial charge >= 0.3 is 0 Å². The summed E-state index contributed by atoms with van der Waals surface area (Å²) in [6.07, 6.45) is 1.64. The van der Waals surface area contributed by atoms with Crippen LogP contribution in [0.3, 0.4) is 0 Å². The van der Waals surface area contributed by atoms with Crippen LogP contribution in [0.25, 0.3) is 0 Å². The Morgan fingerprint density at radius 2 is 2.04 bits per heavy atom. The van der Waals surface area contributed by atoms with Gasteiger partial charge in [0.15, 0.2) is 0 Å². The van der Waals surface area contributed by atoms with Gasteiger partial charge in [-0.2, -0.15) is 0 Å². The summed E-state index contributed by atoms with van der Waals surface area (Å²) in [6, 6.07) is 12.1. The summed E-state index contributed by atoms with van der Waals surface area (Å²) in [5.74, 6) is -0.322. The van der Waals surface area contributed by atoms with Gasteiger partial charge in [-0.05, 0) is 42.3 Å². The van der Waals surface area contributed by atoms with Crippen LogP contribution in [0, 0.1) is 0 Å². The number of fused-ring (bicyclic) bond motifs is 1. The van der Waals surface area contributed by atoms with Crippen LogP contribution in [0.5, 0.6) is 0 Å². The Balaban J connectivity index is 1.89. The van der Waals surface area contributed by atoms with Crippen LogP contribution in [-0.4, -0.2) is 46.6 Å². The molecule has 0 radical (unpaired) electrons. The number of thiophene rings is 1. The Kier molecular flexibility index (Phi) is 6.55. The summed E-state index contributed by atoms with van der Waals surface area (Å²) in [6.45, 7) is 4.70. The van der Waals surface area contributed by atoms with Gasteiger partial charge < -0.3 is 9.80 Å². The molecule has 0 N–H and O–H groups in total. The summed E-state index contributed by atoms with van der Waals surface area (Å²) >= 11 is 7.53. The fourth-order valence-corrected chi connectivity index (χ4v) is 4.66. The van der Waals surface area contributed by atoms with Gasteiger partial charge in [-0.15, -0.1) is 22.9 Å². The van der Waals surface area contributed by atoms with Gasteiger partial charge in [0.25, 0.3) is 0 Å². The molecule has 2 amide bonds. The number of amides is 2. The molecule has 0 spiro atoms. The van der Waals surface area contributed by atoms with Crippen molar-refractivity contribution in [3.8, 4) is 0 Å². The number of hydrogen-bond acceptors (Lipinski definition) is 3. The number of hydrogen-bond donors (Lipinski definition) is 0. The lowest BCUT2D eigenvalue weighted by atomic mass is 9.93. The minimum atomic E-state index is -0.191. The quantitative estimate of drug-likeness (QED) is 0.680. The molecule has 27 heavy (non-hydrogen) atoms. The van der Waals surface area contributed by atoms with Crippen LogP contribution in [0.15, 0.2) is 41.8 Å². The molecule has 2 aromatic rings. The monoisotopic (exact) mass is 404 g/mol. The van der Waals surface area contributed by atoms with Gasteiger partial charge in [-0.1, -0.05) is 37.3 Å². The van der Waals surface area contributed by atoms with Crippen molar-refractivity contribution >= 4 is 34.8 Å². The lowest BCUT2D eigenvalue weighted by Gasteiger charge is -2.38. The number of alkyl halides is 1. The third-order valence-electron chi connectivity index (χ3n) is 5.26. The van der Waals surface area contributed by atoms with Crippen LogP contribution in [0.4, 0.5) is 0 Å². The van der Waals surface area contributed by atoms with Crippen molar-refractivity contribution in [2.24, 2.45) is 0 Å². The molecule has 0 aliphatic carbocycles. The molecule has 1 aliphatic rings. The van der Waals surface area contributed by atoms with E-state index in [-0.39, 0.29) is 36.3 Å². The molecule has 144 valence electrons. The smallest absolute Gasteiger partial charge is 0.243 e. The first-order valence-corrected chi connectivity index (χ1v) is 10.7. The molecule has 4 nitrogen and oxygen atoms in total. The second-order valence-electron chi connectivity index (χ2n) is 6.86. The molecule has 2 heterocycles. The van der Waals surface area contributed by atoms with Crippen LogP contribution in [-0.2, 0) is 16.0 Å². The van der Waals surface area contributed by atoms with Gasteiger partial charge in [0.2, 0.25) is 11.8 Å². The Labute approximate surface area is 169 Å². The largest absolute Gasteiger partial charge is 0.330 e. The maximum atomic E-state index is 13.3. The third kappa shape index (κ3) is 4.19. The summed E-state index contributed by atoms with van der Waals surface area (Å²) < 4.78 is 0. The molecular formula is C21H25ClN2O2S. The highest BCUT2D eigenvalue weighted by atomic mass is 35.5. The first-order valence-electron chi connectivity index (χ1n) is 9.32. The van der Waals surface area contributed by atoms with E-state index in [0.717, 1.165) is 18.4 Å². The summed E-state index contributed by atoms with van der Waals surface area (Å²) in [7, 11) is 0. The molecule has 1 aromatic carbocycles. The SMILES string of the molecule is CC[C@H](C)N(CC(=O)N1CCc2sccc2[C@H]1c1ccccc1)C(=O)CCl. The predicted molar refractivity (Wildman–Crippen MR) is 110 cm³/mol. The van der Waals surface area contributed by atoms with Gasteiger partial charge in [0.05, 0.1) is 6.04 Å². The lowest BCUT2D eigenvalue weighted by molar-refractivity contribution is -0.142. The average molecular weight is 405 g/mol. The minimum absolute atomic E-state index is 0.0168. The first-order chi connectivity index (χ1) is 13.1. The van der Waals surface area contributed by atoms with Gasteiger partial charge in [0, 0.05) is 17.5 Å². The van der Waals surface area contributed by atoms with Crippen molar-refractivity contribution in [2.75, 3.05) is 19.0 Å². The van der Waals surface area contributed by atoms with Gasteiger partial charge in [-0.3, -0.25) is 9.59 Å².